The number of nitrogens with one attached hydrogen (secondary N) is 2. The number of carbonyl (C=O) groups excluding carboxylic acids is 2. The van der Waals surface area contributed by atoms with Gasteiger partial charge in [0, 0.05) is 31.0 Å². The smallest absolute Gasteiger partial charge is 0.251 e. The fourth-order valence-corrected chi connectivity index (χ4v) is 4.00. The number of hydrogen-bond acceptors (Lipinski definition) is 5. The minimum absolute atomic E-state index is 0.0941. The molecule has 6 nitrogen and oxygen atoms in total. The molecule has 0 aromatic heterocycles. The Morgan fingerprint density at radius 2 is 2.17 bits per heavy atom. The van der Waals surface area contributed by atoms with Crippen LogP contribution in [0.3, 0.4) is 0 Å². The first-order valence-electron chi connectivity index (χ1n) is 8.19. The molecule has 0 aliphatic carbocycles. The Morgan fingerprint density at radius 3 is 2.83 bits per heavy atom. The number of carbonyl (C=O) groups is 2. The molecule has 0 saturated carbocycles. The summed E-state index contributed by atoms with van der Waals surface area (Å²) in [7, 11) is 1.60. The van der Waals surface area contributed by atoms with Gasteiger partial charge in [0.2, 0.25) is 5.91 Å². The van der Waals surface area contributed by atoms with E-state index in [0.717, 1.165) is 36.9 Å². The van der Waals surface area contributed by atoms with Gasteiger partial charge in [-0.25, -0.2) is 0 Å². The van der Waals surface area contributed by atoms with Crippen molar-refractivity contribution in [2.75, 3.05) is 38.4 Å². The molecule has 2 heterocycles. The molecule has 2 atom stereocenters. The maximum absolute atomic E-state index is 12.4. The van der Waals surface area contributed by atoms with Crippen molar-refractivity contribution in [3.05, 3.63) is 29.8 Å². The minimum Gasteiger partial charge on any atom is -0.497 e. The molecule has 0 bridgehead atoms. The van der Waals surface area contributed by atoms with E-state index >= 15 is 0 Å². The Hall–Kier alpha value is -1.73. The first kappa shape index (κ1) is 17.1. The van der Waals surface area contributed by atoms with Gasteiger partial charge < -0.3 is 20.3 Å². The van der Waals surface area contributed by atoms with E-state index in [2.05, 4.69) is 10.6 Å². The fourth-order valence-electron chi connectivity index (χ4n) is 3.04. The largest absolute Gasteiger partial charge is 0.497 e. The van der Waals surface area contributed by atoms with Crippen LogP contribution < -0.4 is 15.4 Å². The van der Waals surface area contributed by atoms with Crippen LogP contribution in [0.2, 0.25) is 0 Å². The van der Waals surface area contributed by atoms with Crippen molar-refractivity contribution in [1.82, 2.24) is 15.5 Å². The summed E-state index contributed by atoms with van der Waals surface area (Å²) in [6.07, 6.45) is 0.781. The Balaban J connectivity index is 1.45. The van der Waals surface area contributed by atoms with Gasteiger partial charge in [-0.15, -0.1) is 11.8 Å². The third-order valence-electron chi connectivity index (χ3n) is 4.49. The van der Waals surface area contributed by atoms with Gasteiger partial charge in [-0.1, -0.05) is 0 Å². The van der Waals surface area contributed by atoms with Crippen molar-refractivity contribution in [3.63, 3.8) is 0 Å². The second kappa shape index (κ2) is 7.90. The van der Waals surface area contributed by atoms with E-state index < -0.39 is 0 Å². The summed E-state index contributed by atoms with van der Waals surface area (Å²) in [4.78, 5) is 26.5. The summed E-state index contributed by atoms with van der Waals surface area (Å²) >= 11 is 1.80. The fraction of sp³-hybridized carbons (Fsp3) is 0.529. The zero-order chi connectivity index (χ0) is 16.9. The van der Waals surface area contributed by atoms with Crippen LogP contribution in [0, 0.1) is 5.92 Å². The number of hydrogen-bond donors (Lipinski definition) is 2. The number of ether oxygens (including phenoxy) is 1. The Bertz CT molecular complexity index is 587. The van der Waals surface area contributed by atoms with Crippen molar-refractivity contribution in [2.45, 2.75) is 12.5 Å². The number of rotatable bonds is 5. The molecular formula is C17H23N3O3S. The first-order valence-corrected chi connectivity index (χ1v) is 9.35. The molecule has 3 rings (SSSR count). The van der Waals surface area contributed by atoms with Crippen molar-refractivity contribution >= 4 is 23.6 Å². The van der Waals surface area contributed by atoms with Gasteiger partial charge in [-0.3, -0.25) is 9.59 Å². The lowest BCUT2D eigenvalue weighted by atomic mass is 10.0. The Labute approximate surface area is 146 Å². The van der Waals surface area contributed by atoms with Crippen LogP contribution in [-0.4, -0.2) is 61.1 Å². The van der Waals surface area contributed by atoms with Gasteiger partial charge in [0.05, 0.1) is 19.0 Å². The van der Waals surface area contributed by atoms with Crippen molar-refractivity contribution in [2.24, 2.45) is 5.92 Å². The van der Waals surface area contributed by atoms with Crippen LogP contribution in [0.1, 0.15) is 16.8 Å². The quantitative estimate of drug-likeness (QED) is 0.828. The summed E-state index contributed by atoms with van der Waals surface area (Å²) < 4.78 is 5.09. The molecule has 2 aliphatic heterocycles. The molecular weight excluding hydrogens is 326 g/mol. The third kappa shape index (κ3) is 4.02. The highest BCUT2D eigenvalue weighted by Crippen LogP contribution is 2.20. The molecule has 2 N–H and O–H groups in total. The maximum atomic E-state index is 12.4. The summed E-state index contributed by atoms with van der Waals surface area (Å²) in [5, 5.41) is 6.25. The second-order valence-corrected chi connectivity index (χ2v) is 7.21. The Morgan fingerprint density at radius 1 is 1.38 bits per heavy atom. The van der Waals surface area contributed by atoms with Crippen molar-refractivity contribution in [3.8, 4) is 5.75 Å². The van der Waals surface area contributed by atoms with Crippen LogP contribution in [-0.2, 0) is 4.79 Å². The summed E-state index contributed by atoms with van der Waals surface area (Å²) in [6, 6.07) is 6.94. The Kier molecular flexibility index (Phi) is 5.63. The molecule has 2 saturated heterocycles. The molecule has 24 heavy (non-hydrogen) atoms. The molecule has 130 valence electrons. The number of thioether (sulfide) groups is 1. The summed E-state index contributed by atoms with van der Waals surface area (Å²) in [5.41, 5.74) is 0.614. The lowest BCUT2D eigenvalue weighted by molar-refractivity contribution is -0.131. The average Bonchev–Trinajstić information content (AvgIpc) is 3.31. The minimum atomic E-state index is -0.105. The lowest BCUT2D eigenvalue weighted by Gasteiger charge is -2.19. The van der Waals surface area contributed by atoms with E-state index in [4.69, 9.17) is 4.74 Å². The highest BCUT2D eigenvalue weighted by molar-refractivity contribution is 7.99. The first-order chi connectivity index (χ1) is 11.7. The maximum Gasteiger partial charge on any atom is 0.251 e. The monoisotopic (exact) mass is 349 g/mol. The highest BCUT2D eigenvalue weighted by Gasteiger charge is 2.33. The van der Waals surface area contributed by atoms with Crippen LogP contribution in [0.15, 0.2) is 24.3 Å². The SMILES string of the molecule is COc1ccc(C(=O)NCC2CNC(C(=O)N3CCSC3)C2)cc1. The lowest BCUT2D eigenvalue weighted by Crippen LogP contribution is -2.42. The van der Waals surface area contributed by atoms with E-state index in [0.29, 0.717) is 12.1 Å². The zero-order valence-corrected chi connectivity index (χ0v) is 14.6. The standard InChI is InChI=1S/C17H23N3O3S/c1-23-14-4-2-13(3-5-14)16(21)19-10-12-8-15(18-9-12)17(22)20-6-7-24-11-20/h2-5,12,15,18H,6-11H2,1H3,(H,19,21). The zero-order valence-electron chi connectivity index (χ0n) is 13.8. The van der Waals surface area contributed by atoms with Crippen LogP contribution >= 0.6 is 11.8 Å². The highest BCUT2D eigenvalue weighted by atomic mass is 32.2. The molecule has 2 unspecified atom stereocenters. The van der Waals surface area contributed by atoms with Crippen molar-refractivity contribution < 1.29 is 14.3 Å². The molecule has 1 aromatic carbocycles. The number of nitrogens with zero attached hydrogens (tertiary/aromatic N) is 1. The molecule has 2 aliphatic rings. The van der Waals surface area contributed by atoms with Gasteiger partial charge in [0.25, 0.3) is 5.91 Å². The molecule has 0 spiro atoms. The molecule has 0 radical (unpaired) electrons. The van der Waals surface area contributed by atoms with Gasteiger partial charge in [0.15, 0.2) is 0 Å². The normalized spacial score (nSPS) is 23.3. The number of methoxy groups -OCH3 is 1. The molecule has 7 heteroatoms. The number of benzene rings is 1. The third-order valence-corrected chi connectivity index (χ3v) is 5.45. The van der Waals surface area contributed by atoms with Gasteiger partial charge in [0.1, 0.15) is 5.75 Å². The molecule has 2 amide bonds. The van der Waals surface area contributed by atoms with Crippen molar-refractivity contribution in [1.29, 1.82) is 0 Å². The molecule has 1 aromatic rings. The van der Waals surface area contributed by atoms with E-state index in [-0.39, 0.29) is 23.8 Å². The summed E-state index contributed by atoms with van der Waals surface area (Å²) in [6.45, 7) is 2.19. The topological polar surface area (TPSA) is 70.7 Å². The summed E-state index contributed by atoms with van der Waals surface area (Å²) in [5.74, 6) is 2.95. The average molecular weight is 349 g/mol. The van der Waals surface area contributed by atoms with Gasteiger partial charge >= 0.3 is 0 Å². The second-order valence-electron chi connectivity index (χ2n) is 6.14. The molecule has 2 fully saturated rings. The van der Waals surface area contributed by atoms with Crippen LogP contribution in [0.25, 0.3) is 0 Å². The van der Waals surface area contributed by atoms with Crippen LogP contribution in [0.4, 0.5) is 0 Å². The van der Waals surface area contributed by atoms with E-state index in [1.54, 1.807) is 43.1 Å². The number of amides is 2. The van der Waals surface area contributed by atoms with Crippen LogP contribution in [0.5, 0.6) is 5.75 Å². The van der Waals surface area contributed by atoms with Gasteiger partial charge in [-0.2, -0.15) is 0 Å². The van der Waals surface area contributed by atoms with E-state index in [1.807, 2.05) is 4.90 Å². The van der Waals surface area contributed by atoms with E-state index in [9.17, 15) is 9.59 Å². The van der Waals surface area contributed by atoms with Gasteiger partial charge in [-0.05, 0) is 36.6 Å². The van der Waals surface area contributed by atoms with E-state index in [1.165, 1.54) is 0 Å². The predicted octanol–water partition coefficient (Wildman–Crippen LogP) is 0.936. The predicted molar refractivity (Wildman–Crippen MR) is 94.3 cm³/mol.